The molecule has 0 aliphatic rings. The van der Waals surface area contributed by atoms with Crippen molar-refractivity contribution in [1.82, 2.24) is 4.98 Å². The lowest BCUT2D eigenvalue weighted by Gasteiger charge is -2.08. The number of rotatable bonds is 3. The Bertz CT molecular complexity index is 765. The third kappa shape index (κ3) is 3.05. The Kier molecular flexibility index (Phi) is 3.92. The number of halogens is 3. The average Bonchev–Trinajstić information content (AvgIpc) is 2.37. The summed E-state index contributed by atoms with van der Waals surface area (Å²) in [7, 11) is -4.19. The number of aryl methyl sites for hydroxylation is 1. The molecule has 0 fully saturated rings. The molecule has 106 valence electrons. The molecule has 2 rings (SSSR count). The summed E-state index contributed by atoms with van der Waals surface area (Å²) in [6.07, 6.45) is 1.02. The van der Waals surface area contributed by atoms with Crippen LogP contribution >= 0.6 is 11.6 Å². The molecule has 1 heterocycles. The summed E-state index contributed by atoms with van der Waals surface area (Å²) in [6, 6.07) is 3.69. The summed E-state index contributed by atoms with van der Waals surface area (Å²) in [4.78, 5) is 3.46. The van der Waals surface area contributed by atoms with E-state index in [0.29, 0.717) is 11.6 Å². The molecule has 20 heavy (non-hydrogen) atoms. The van der Waals surface area contributed by atoms with E-state index in [1.54, 1.807) is 6.92 Å². The predicted octanol–water partition coefficient (Wildman–Crippen LogP) is 3.09. The van der Waals surface area contributed by atoms with Crippen LogP contribution in [0.2, 0.25) is 5.15 Å². The number of hydrogen-bond donors (Lipinski definition) is 0. The van der Waals surface area contributed by atoms with E-state index in [1.165, 1.54) is 6.07 Å². The van der Waals surface area contributed by atoms with Crippen LogP contribution in [-0.4, -0.2) is 13.4 Å². The summed E-state index contributed by atoms with van der Waals surface area (Å²) >= 11 is 5.69. The molecule has 0 amide bonds. The van der Waals surface area contributed by atoms with E-state index < -0.39 is 21.8 Å². The first-order valence-corrected chi connectivity index (χ1v) is 7.10. The van der Waals surface area contributed by atoms with E-state index in [4.69, 9.17) is 15.8 Å². The standard InChI is InChI=1S/C12H8ClF2NO3S/c1-7-4-9(6-16-12(7)13)20(17,18)19-8-2-3-10(14)11(15)5-8/h2-6H,1H3. The first kappa shape index (κ1) is 14.7. The number of pyridine rings is 1. The molecule has 0 saturated carbocycles. The number of benzene rings is 1. The lowest BCUT2D eigenvalue weighted by atomic mass is 10.3. The lowest BCUT2D eigenvalue weighted by molar-refractivity contribution is 0.472. The van der Waals surface area contributed by atoms with E-state index in [9.17, 15) is 17.2 Å². The predicted molar refractivity (Wildman–Crippen MR) is 68.2 cm³/mol. The molecule has 1 aromatic carbocycles. The molecule has 2 aromatic rings. The van der Waals surface area contributed by atoms with Crippen LogP contribution in [0.15, 0.2) is 35.4 Å². The molecule has 1 aromatic heterocycles. The third-order valence-corrected chi connectivity index (χ3v) is 3.98. The number of aromatic nitrogens is 1. The largest absolute Gasteiger partial charge is 0.379 e. The van der Waals surface area contributed by atoms with Crippen molar-refractivity contribution in [3.63, 3.8) is 0 Å². The fourth-order valence-corrected chi connectivity index (χ4v) is 2.43. The van der Waals surface area contributed by atoms with Crippen LogP contribution in [-0.2, 0) is 10.1 Å². The lowest BCUT2D eigenvalue weighted by Crippen LogP contribution is -2.10. The van der Waals surface area contributed by atoms with Gasteiger partial charge in [0.2, 0.25) is 0 Å². The van der Waals surface area contributed by atoms with Gasteiger partial charge in [0.15, 0.2) is 11.6 Å². The van der Waals surface area contributed by atoms with E-state index in [0.717, 1.165) is 18.3 Å². The normalized spacial score (nSPS) is 11.4. The fourth-order valence-electron chi connectivity index (χ4n) is 1.37. The maximum atomic E-state index is 13.0. The van der Waals surface area contributed by atoms with Gasteiger partial charge in [-0.2, -0.15) is 8.42 Å². The molecular weight excluding hydrogens is 312 g/mol. The molecule has 0 aliphatic carbocycles. The summed E-state index contributed by atoms with van der Waals surface area (Å²) < 4.78 is 54.3. The maximum absolute atomic E-state index is 13.0. The Balaban J connectivity index is 2.35. The van der Waals surface area contributed by atoms with Crippen LogP contribution in [0.5, 0.6) is 5.75 Å². The molecule has 0 atom stereocenters. The molecule has 0 bridgehead atoms. The van der Waals surface area contributed by atoms with Crippen LogP contribution < -0.4 is 4.18 Å². The van der Waals surface area contributed by atoms with Gasteiger partial charge in [0, 0.05) is 6.07 Å². The van der Waals surface area contributed by atoms with Gasteiger partial charge in [-0.05, 0) is 30.7 Å². The summed E-state index contributed by atoms with van der Waals surface area (Å²) in [5.41, 5.74) is 0.446. The average molecular weight is 320 g/mol. The highest BCUT2D eigenvalue weighted by atomic mass is 35.5. The first-order chi connectivity index (χ1) is 9.29. The topological polar surface area (TPSA) is 56.3 Å². The van der Waals surface area contributed by atoms with Gasteiger partial charge < -0.3 is 4.18 Å². The summed E-state index contributed by atoms with van der Waals surface area (Å²) in [6.45, 7) is 1.58. The minimum Gasteiger partial charge on any atom is -0.379 e. The van der Waals surface area contributed by atoms with Crippen LogP contribution in [0.1, 0.15) is 5.56 Å². The highest BCUT2D eigenvalue weighted by Gasteiger charge is 2.19. The first-order valence-electron chi connectivity index (χ1n) is 5.31. The van der Waals surface area contributed by atoms with Gasteiger partial charge in [-0.15, -0.1) is 0 Å². The molecule has 0 unspecified atom stereocenters. The van der Waals surface area contributed by atoms with Crippen molar-refractivity contribution in [2.45, 2.75) is 11.8 Å². The van der Waals surface area contributed by atoms with E-state index in [2.05, 4.69) is 4.98 Å². The molecule has 0 N–H and O–H groups in total. The van der Waals surface area contributed by atoms with Gasteiger partial charge in [-0.25, -0.2) is 13.8 Å². The minimum absolute atomic E-state index is 0.164. The number of hydrogen-bond acceptors (Lipinski definition) is 4. The Morgan fingerprint density at radius 1 is 1.20 bits per heavy atom. The van der Waals surface area contributed by atoms with Gasteiger partial charge in [0.05, 0.1) is 6.20 Å². The zero-order valence-corrected chi connectivity index (χ0v) is 11.7. The van der Waals surface area contributed by atoms with Crippen LogP contribution in [0.4, 0.5) is 8.78 Å². The van der Waals surface area contributed by atoms with Crippen molar-refractivity contribution < 1.29 is 21.4 Å². The van der Waals surface area contributed by atoms with Crippen molar-refractivity contribution >= 4 is 21.7 Å². The van der Waals surface area contributed by atoms with Gasteiger partial charge in [0.1, 0.15) is 15.8 Å². The second-order valence-corrected chi connectivity index (χ2v) is 5.80. The Morgan fingerprint density at radius 2 is 1.90 bits per heavy atom. The van der Waals surface area contributed by atoms with Crippen molar-refractivity contribution in [2.75, 3.05) is 0 Å². The van der Waals surface area contributed by atoms with Crippen molar-refractivity contribution in [1.29, 1.82) is 0 Å². The molecular formula is C12H8ClF2NO3S. The van der Waals surface area contributed by atoms with Crippen LogP contribution in [0.3, 0.4) is 0 Å². The smallest absolute Gasteiger partial charge is 0.340 e. The molecule has 0 saturated heterocycles. The second kappa shape index (κ2) is 5.34. The molecule has 0 aliphatic heterocycles. The van der Waals surface area contributed by atoms with E-state index in [-0.39, 0.29) is 15.8 Å². The monoisotopic (exact) mass is 319 g/mol. The molecule has 8 heteroatoms. The Hall–Kier alpha value is -1.73. The summed E-state index contributed by atoms with van der Waals surface area (Å²) in [5, 5.41) is 0.164. The maximum Gasteiger partial charge on any atom is 0.340 e. The second-order valence-electron chi connectivity index (χ2n) is 3.89. The van der Waals surface area contributed by atoms with Gasteiger partial charge in [-0.1, -0.05) is 11.6 Å². The number of nitrogens with zero attached hydrogens (tertiary/aromatic N) is 1. The summed E-state index contributed by atoms with van der Waals surface area (Å²) in [5.74, 6) is -2.64. The highest BCUT2D eigenvalue weighted by Crippen LogP contribution is 2.22. The van der Waals surface area contributed by atoms with E-state index >= 15 is 0 Å². The van der Waals surface area contributed by atoms with Crippen molar-refractivity contribution in [3.05, 3.63) is 52.8 Å². The van der Waals surface area contributed by atoms with Crippen molar-refractivity contribution in [2.24, 2.45) is 0 Å². The van der Waals surface area contributed by atoms with Gasteiger partial charge in [0.25, 0.3) is 0 Å². The minimum atomic E-state index is -4.19. The molecule has 0 radical (unpaired) electrons. The zero-order chi connectivity index (χ0) is 14.9. The fraction of sp³-hybridized carbons (Fsp3) is 0.0833. The SMILES string of the molecule is Cc1cc(S(=O)(=O)Oc2ccc(F)c(F)c2)cnc1Cl. The zero-order valence-electron chi connectivity index (χ0n) is 10.1. The van der Waals surface area contributed by atoms with Crippen LogP contribution in [0.25, 0.3) is 0 Å². The quantitative estimate of drug-likeness (QED) is 0.644. The third-order valence-electron chi connectivity index (χ3n) is 2.37. The Morgan fingerprint density at radius 3 is 2.50 bits per heavy atom. The highest BCUT2D eigenvalue weighted by molar-refractivity contribution is 7.87. The van der Waals surface area contributed by atoms with Crippen molar-refractivity contribution in [3.8, 4) is 5.75 Å². The van der Waals surface area contributed by atoms with E-state index in [1.807, 2.05) is 0 Å². The van der Waals surface area contributed by atoms with Crippen LogP contribution in [0, 0.1) is 18.6 Å². The molecule has 4 nitrogen and oxygen atoms in total. The van der Waals surface area contributed by atoms with Gasteiger partial charge >= 0.3 is 10.1 Å². The van der Waals surface area contributed by atoms with Gasteiger partial charge in [-0.3, -0.25) is 0 Å². The Labute approximate surface area is 119 Å². The molecule has 0 spiro atoms.